The number of hydrogen-bond donors (Lipinski definition) is 1. The summed E-state index contributed by atoms with van der Waals surface area (Å²) < 4.78 is 0. The molecule has 1 amide bonds. The first-order chi connectivity index (χ1) is 8.33. The Morgan fingerprint density at radius 3 is 1.89 bits per heavy atom. The quantitative estimate of drug-likeness (QED) is 0.725. The normalized spacial score (nSPS) is 13.4. The van der Waals surface area contributed by atoms with E-state index in [0.29, 0.717) is 17.9 Å². The minimum atomic E-state index is -0.343. The van der Waals surface area contributed by atoms with Crippen molar-refractivity contribution in [2.45, 2.75) is 72.9 Å². The van der Waals surface area contributed by atoms with Crippen LogP contribution in [0.4, 0.5) is 0 Å². The molecule has 0 aromatic carbocycles. The lowest BCUT2D eigenvalue weighted by molar-refractivity contribution is -0.136. The maximum absolute atomic E-state index is 12.5. The van der Waals surface area contributed by atoms with Crippen molar-refractivity contribution < 1.29 is 4.79 Å². The molecular weight excluding hydrogens is 224 g/mol. The Labute approximate surface area is 113 Å². The molecule has 0 aromatic rings. The Kier molecular flexibility index (Phi) is 8.25. The molecule has 3 nitrogen and oxygen atoms in total. The van der Waals surface area contributed by atoms with E-state index in [1.807, 2.05) is 4.90 Å². The van der Waals surface area contributed by atoms with Gasteiger partial charge >= 0.3 is 0 Å². The van der Waals surface area contributed by atoms with Crippen LogP contribution in [0, 0.1) is 11.8 Å². The number of hydrogen-bond acceptors (Lipinski definition) is 2. The summed E-state index contributed by atoms with van der Waals surface area (Å²) in [6, 6.07) is -0.0116. The van der Waals surface area contributed by atoms with Crippen molar-refractivity contribution in [2.75, 3.05) is 6.54 Å². The van der Waals surface area contributed by atoms with Gasteiger partial charge in [-0.05, 0) is 31.1 Å². The summed E-state index contributed by atoms with van der Waals surface area (Å²) in [5.74, 6) is 1.08. The maximum Gasteiger partial charge on any atom is 0.239 e. The van der Waals surface area contributed by atoms with Crippen molar-refractivity contribution >= 4 is 5.91 Å². The van der Waals surface area contributed by atoms with Crippen LogP contribution in [0.25, 0.3) is 0 Å². The molecular formula is C15H32N2O. The first-order valence-corrected chi connectivity index (χ1v) is 7.39. The molecule has 1 unspecified atom stereocenters. The molecule has 0 spiro atoms. The average molecular weight is 256 g/mol. The summed E-state index contributed by atoms with van der Waals surface area (Å²) in [6.45, 7) is 13.6. The monoisotopic (exact) mass is 256 g/mol. The van der Waals surface area contributed by atoms with Crippen LogP contribution in [-0.4, -0.2) is 29.4 Å². The second kappa shape index (κ2) is 8.52. The van der Waals surface area contributed by atoms with E-state index >= 15 is 0 Å². The highest BCUT2D eigenvalue weighted by atomic mass is 16.2. The van der Waals surface area contributed by atoms with Gasteiger partial charge in [0.15, 0.2) is 0 Å². The summed E-state index contributed by atoms with van der Waals surface area (Å²) >= 11 is 0. The molecule has 0 heterocycles. The molecule has 0 aliphatic carbocycles. The van der Waals surface area contributed by atoms with Gasteiger partial charge in [0, 0.05) is 12.6 Å². The van der Waals surface area contributed by atoms with Gasteiger partial charge in [-0.1, -0.05) is 41.5 Å². The van der Waals surface area contributed by atoms with Crippen LogP contribution in [0.3, 0.4) is 0 Å². The van der Waals surface area contributed by atoms with E-state index in [0.717, 1.165) is 25.8 Å². The minimum absolute atomic E-state index is 0.131. The second-order valence-electron chi connectivity index (χ2n) is 6.09. The molecule has 2 N–H and O–H groups in total. The van der Waals surface area contributed by atoms with E-state index in [1.54, 1.807) is 0 Å². The number of nitrogens with zero attached hydrogens (tertiary/aromatic N) is 1. The highest BCUT2D eigenvalue weighted by Crippen LogP contribution is 2.15. The molecule has 1 atom stereocenters. The Morgan fingerprint density at radius 1 is 1.06 bits per heavy atom. The first kappa shape index (κ1) is 17.4. The zero-order chi connectivity index (χ0) is 14.3. The van der Waals surface area contributed by atoms with Gasteiger partial charge in [0.25, 0.3) is 0 Å². The molecule has 0 saturated heterocycles. The molecule has 108 valence electrons. The van der Waals surface area contributed by atoms with Gasteiger partial charge < -0.3 is 10.6 Å². The highest BCUT2D eigenvalue weighted by molar-refractivity contribution is 5.82. The maximum atomic E-state index is 12.5. The van der Waals surface area contributed by atoms with E-state index in [-0.39, 0.29) is 11.9 Å². The zero-order valence-electron chi connectivity index (χ0n) is 13.1. The van der Waals surface area contributed by atoms with E-state index in [2.05, 4.69) is 41.5 Å². The Hall–Kier alpha value is -0.570. The van der Waals surface area contributed by atoms with E-state index in [1.165, 1.54) is 0 Å². The number of carbonyl (C=O) groups excluding carboxylic acids is 1. The van der Waals surface area contributed by atoms with Crippen LogP contribution in [0.5, 0.6) is 0 Å². The van der Waals surface area contributed by atoms with Crippen LogP contribution in [-0.2, 0) is 4.79 Å². The van der Waals surface area contributed by atoms with Crippen LogP contribution < -0.4 is 5.73 Å². The molecule has 0 bridgehead atoms. The smallest absolute Gasteiger partial charge is 0.239 e. The molecule has 3 heteroatoms. The average Bonchev–Trinajstić information content (AvgIpc) is 2.26. The highest BCUT2D eigenvalue weighted by Gasteiger charge is 2.26. The van der Waals surface area contributed by atoms with Crippen molar-refractivity contribution in [2.24, 2.45) is 17.6 Å². The molecule has 0 rings (SSSR count). The Balaban J connectivity index is 4.77. The van der Waals surface area contributed by atoms with Gasteiger partial charge in [-0.2, -0.15) is 0 Å². The summed E-state index contributed by atoms with van der Waals surface area (Å²) in [5, 5.41) is 0. The van der Waals surface area contributed by atoms with E-state index in [4.69, 9.17) is 5.73 Å². The standard InChI is InChI=1S/C15H32N2O/c1-7-13(8-2)17(10-12(5)6)15(18)14(16)9-11(3)4/h11-14H,7-10,16H2,1-6H3. The third-order valence-electron chi connectivity index (χ3n) is 3.27. The van der Waals surface area contributed by atoms with Crippen molar-refractivity contribution in [3.8, 4) is 0 Å². The lowest BCUT2D eigenvalue weighted by atomic mass is 10.0. The van der Waals surface area contributed by atoms with Crippen molar-refractivity contribution in [1.82, 2.24) is 4.90 Å². The SMILES string of the molecule is CCC(CC)N(CC(C)C)C(=O)C(N)CC(C)C. The van der Waals surface area contributed by atoms with Crippen molar-refractivity contribution in [1.29, 1.82) is 0 Å². The van der Waals surface area contributed by atoms with Gasteiger partial charge in [0.05, 0.1) is 6.04 Å². The van der Waals surface area contributed by atoms with Crippen LogP contribution in [0.2, 0.25) is 0 Å². The first-order valence-electron chi connectivity index (χ1n) is 7.39. The van der Waals surface area contributed by atoms with Crippen LogP contribution >= 0.6 is 0 Å². The predicted octanol–water partition coefficient (Wildman–Crippen LogP) is 3.03. The van der Waals surface area contributed by atoms with Crippen LogP contribution in [0.1, 0.15) is 60.8 Å². The third-order valence-corrected chi connectivity index (χ3v) is 3.27. The fourth-order valence-corrected chi connectivity index (χ4v) is 2.36. The summed E-state index contributed by atoms with van der Waals surface area (Å²) in [5.41, 5.74) is 6.05. The molecule has 18 heavy (non-hydrogen) atoms. The number of nitrogens with two attached hydrogens (primary N) is 1. The largest absolute Gasteiger partial charge is 0.338 e. The molecule has 0 aromatic heterocycles. The van der Waals surface area contributed by atoms with Crippen LogP contribution in [0.15, 0.2) is 0 Å². The number of carbonyl (C=O) groups is 1. The summed E-state index contributed by atoms with van der Waals surface area (Å²) in [6.07, 6.45) is 2.78. The number of rotatable bonds is 8. The van der Waals surface area contributed by atoms with Gasteiger partial charge in [-0.3, -0.25) is 4.79 Å². The topological polar surface area (TPSA) is 46.3 Å². The lowest BCUT2D eigenvalue weighted by Crippen LogP contribution is -2.50. The van der Waals surface area contributed by atoms with E-state index in [9.17, 15) is 4.79 Å². The van der Waals surface area contributed by atoms with Gasteiger partial charge in [-0.15, -0.1) is 0 Å². The third kappa shape index (κ3) is 5.85. The summed E-state index contributed by atoms with van der Waals surface area (Å²) in [4.78, 5) is 14.5. The lowest BCUT2D eigenvalue weighted by Gasteiger charge is -2.34. The van der Waals surface area contributed by atoms with Gasteiger partial charge in [-0.25, -0.2) is 0 Å². The van der Waals surface area contributed by atoms with Crippen molar-refractivity contribution in [3.05, 3.63) is 0 Å². The molecule has 0 saturated carbocycles. The fraction of sp³-hybridized carbons (Fsp3) is 0.933. The molecule has 0 aliphatic rings. The molecule has 0 radical (unpaired) electrons. The Morgan fingerprint density at radius 2 is 1.56 bits per heavy atom. The zero-order valence-corrected chi connectivity index (χ0v) is 13.1. The summed E-state index contributed by atoms with van der Waals surface area (Å²) in [7, 11) is 0. The fourth-order valence-electron chi connectivity index (χ4n) is 2.36. The van der Waals surface area contributed by atoms with Gasteiger partial charge in [0.1, 0.15) is 0 Å². The molecule has 0 aliphatic heterocycles. The minimum Gasteiger partial charge on any atom is -0.338 e. The predicted molar refractivity (Wildman–Crippen MR) is 78.4 cm³/mol. The van der Waals surface area contributed by atoms with Crippen molar-refractivity contribution in [3.63, 3.8) is 0 Å². The Bertz CT molecular complexity index is 235. The van der Waals surface area contributed by atoms with E-state index < -0.39 is 0 Å². The van der Waals surface area contributed by atoms with Gasteiger partial charge in [0.2, 0.25) is 5.91 Å². The number of amides is 1. The molecule has 0 fully saturated rings. The second-order valence-corrected chi connectivity index (χ2v) is 6.09.